The van der Waals surface area contributed by atoms with Crippen molar-refractivity contribution in [2.45, 2.75) is 13.5 Å². The molecule has 0 saturated carbocycles. The lowest BCUT2D eigenvalue weighted by Gasteiger charge is -2.09. The third-order valence-electron chi connectivity index (χ3n) is 3.13. The predicted octanol–water partition coefficient (Wildman–Crippen LogP) is 1.56. The summed E-state index contributed by atoms with van der Waals surface area (Å²) in [5, 5.41) is 9.74. The first-order valence-electron chi connectivity index (χ1n) is 6.71. The fourth-order valence-corrected chi connectivity index (χ4v) is 1.98. The summed E-state index contributed by atoms with van der Waals surface area (Å²) in [7, 11) is 3.17. The Balaban J connectivity index is 2.39. The summed E-state index contributed by atoms with van der Waals surface area (Å²) < 4.78 is 10.5. The van der Waals surface area contributed by atoms with Crippen LogP contribution in [-0.4, -0.2) is 31.0 Å². The molecule has 0 fully saturated rings. The molecule has 21 heavy (non-hydrogen) atoms. The van der Waals surface area contributed by atoms with Crippen molar-refractivity contribution >= 4 is 0 Å². The molecule has 0 amide bonds. The van der Waals surface area contributed by atoms with Gasteiger partial charge in [0.1, 0.15) is 0 Å². The highest BCUT2D eigenvalue weighted by atomic mass is 16.5. The molecule has 2 N–H and O–H groups in total. The van der Waals surface area contributed by atoms with E-state index in [1.807, 2.05) is 25.1 Å². The molecule has 0 saturated heterocycles. The summed E-state index contributed by atoms with van der Waals surface area (Å²) in [6, 6.07) is 7.29. The third kappa shape index (κ3) is 3.41. The van der Waals surface area contributed by atoms with E-state index in [1.165, 1.54) is 0 Å². The molecule has 6 heteroatoms. The van der Waals surface area contributed by atoms with E-state index >= 15 is 0 Å². The Kier molecular flexibility index (Phi) is 4.94. The molecule has 0 aliphatic rings. The van der Waals surface area contributed by atoms with Gasteiger partial charge < -0.3 is 14.8 Å². The number of aromatic nitrogens is 2. The molecule has 0 spiro atoms. The summed E-state index contributed by atoms with van der Waals surface area (Å²) in [5.41, 5.74) is 2.00. The summed E-state index contributed by atoms with van der Waals surface area (Å²) in [5.74, 6) is 1.27. The number of ether oxygens (including phenoxy) is 2. The third-order valence-corrected chi connectivity index (χ3v) is 3.13. The molecule has 112 valence electrons. The molecule has 6 nitrogen and oxygen atoms in total. The van der Waals surface area contributed by atoms with Crippen LogP contribution in [0.15, 0.2) is 29.1 Å². The van der Waals surface area contributed by atoms with Crippen LogP contribution in [-0.2, 0) is 6.54 Å². The first kappa shape index (κ1) is 15.1. The zero-order valence-electron chi connectivity index (χ0n) is 12.4. The maximum atomic E-state index is 11.7. The molecule has 1 heterocycles. The highest BCUT2D eigenvalue weighted by Gasteiger charge is 2.09. The Labute approximate surface area is 123 Å². The van der Waals surface area contributed by atoms with Gasteiger partial charge in [-0.25, -0.2) is 5.10 Å². The molecule has 0 atom stereocenters. The highest BCUT2D eigenvalue weighted by molar-refractivity contribution is 5.64. The van der Waals surface area contributed by atoms with Crippen LogP contribution < -0.4 is 20.3 Å². The Morgan fingerprint density at radius 2 is 1.95 bits per heavy atom. The molecule has 2 rings (SSSR count). The molecular weight excluding hydrogens is 270 g/mol. The van der Waals surface area contributed by atoms with E-state index in [0.717, 1.165) is 12.1 Å². The van der Waals surface area contributed by atoms with Gasteiger partial charge in [0.2, 0.25) is 0 Å². The quantitative estimate of drug-likeness (QED) is 0.844. The number of rotatable bonds is 6. The first-order valence-corrected chi connectivity index (χ1v) is 6.71. The van der Waals surface area contributed by atoms with Crippen molar-refractivity contribution in [1.29, 1.82) is 0 Å². The van der Waals surface area contributed by atoms with Crippen LogP contribution in [0.5, 0.6) is 11.5 Å². The smallest absolute Gasteiger partial charge is 0.268 e. The van der Waals surface area contributed by atoms with Crippen molar-refractivity contribution in [3.05, 3.63) is 40.2 Å². The van der Waals surface area contributed by atoms with Crippen LogP contribution in [0.1, 0.15) is 12.5 Å². The van der Waals surface area contributed by atoms with E-state index in [1.54, 1.807) is 20.3 Å². The second-order valence-corrected chi connectivity index (χ2v) is 4.46. The van der Waals surface area contributed by atoms with Crippen LogP contribution in [0.4, 0.5) is 0 Å². The van der Waals surface area contributed by atoms with E-state index in [-0.39, 0.29) is 5.56 Å². The summed E-state index contributed by atoms with van der Waals surface area (Å²) in [6.45, 7) is 3.30. The number of H-pyrrole nitrogens is 1. The average molecular weight is 289 g/mol. The average Bonchev–Trinajstić information content (AvgIpc) is 2.53. The molecule has 0 radical (unpaired) electrons. The van der Waals surface area contributed by atoms with E-state index < -0.39 is 0 Å². The van der Waals surface area contributed by atoms with Crippen LogP contribution in [0.2, 0.25) is 0 Å². The van der Waals surface area contributed by atoms with Gasteiger partial charge in [0.25, 0.3) is 5.56 Å². The Bertz CT molecular complexity index is 667. The number of hydrogen-bond donors (Lipinski definition) is 2. The van der Waals surface area contributed by atoms with E-state index in [2.05, 4.69) is 15.5 Å². The van der Waals surface area contributed by atoms with Crippen LogP contribution >= 0.6 is 0 Å². The zero-order valence-corrected chi connectivity index (χ0v) is 12.4. The van der Waals surface area contributed by atoms with Gasteiger partial charge in [-0.1, -0.05) is 6.92 Å². The fraction of sp³-hybridized carbons (Fsp3) is 0.333. The van der Waals surface area contributed by atoms with E-state index in [4.69, 9.17) is 9.47 Å². The number of aromatic amines is 1. The second kappa shape index (κ2) is 6.90. The Morgan fingerprint density at radius 1 is 1.19 bits per heavy atom. The Morgan fingerprint density at radius 3 is 2.62 bits per heavy atom. The minimum atomic E-state index is -0.180. The van der Waals surface area contributed by atoms with Crippen molar-refractivity contribution in [1.82, 2.24) is 15.5 Å². The minimum Gasteiger partial charge on any atom is -0.493 e. The van der Waals surface area contributed by atoms with Gasteiger partial charge in [0.15, 0.2) is 11.5 Å². The van der Waals surface area contributed by atoms with Gasteiger partial charge in [-0.3, -0.25) is 4.79 Å². The SMILES string of the molecule is CCNCc1cc(-c2ccc(OC)c(OC)c2)n[nH]c1=O. The number of hydrogen-bond acceptors (Lipinski definition) is 5. The van der Waals surface area contributed by atoms with Crippen molar-refractivity contribution in [2.24, 2.45) is 0 Å². The van der Waals surface area contributed by atoms with Crippen LogP contribution in [0, 0.1) is 0 Å². The van der Waals surface area contributed by atoms with Crippen molar-refractivity contribution in [3.63, 3.8) is 0 Å². The van der Waals surface area contributed by atoms with Crippen LogP contribution in [0.3, 0.4) is 0 Å². The lowest BCUT2D eigenvalue weighted by Crippen LogP contribution is -2.21. The molecule has 2 aromatic rings. The highest BCUT2D eigenvalue weighted by Crippen LogP contribution is 2.31. The normalized spacial score (nSPS) is 10.4. The monoisotopic (exact) mass is 289 g/mol. The van der Waals surface area contributed by atoms with Gasteiger partial charge in [-0.2, -0.15) is 5.10 Å². The predicted molar refractivity (Wildman–Crippen MR) is 80.8 cm³/mol. The zero-order chi connectivity index (χ0) is 15.2. The van der Waals surface area contributed by atoms with Gasteiger partial charge in [-0.05, 0) is 30.8 Å². The Hall–Kier alpha value is -2.34. The molecule has 1 aromatic carbocycles. The lowest BCUT2D eigenvalue weighted by molar-refractivity contribution is 0.355. The van der Waals surface area contributed by atoms with Crippen molar-refractivity contribution < 1.29 is 9.47 Å². The standard InChI is InChI=1S/C15H19N3O3/c1-4-16-9-11-7-12(17-18-15(11)19)10-5-6-13(20-2)14(8-10)21-3/h5-8,16H,4,9H2,1-3H3,(H,18,19). The molecule has 0 bridgehead atoms. The first-order chi connectivity index (χ1) is 10.2. The second-order valence-electron chi connectivity index (χ2n) is 4.46. The van der Waals surface area contributed by atoms with Gasteiger partial charge in [-0.15, -0.1) is 0 Å². The van der Waals surface area contributed by atoms with Crippen LogP contribution in [0.25, 0.3) is 11.3 Å². The number of nitrogens with zero attached hydrogens (tertiary/aromatic N) is 1. The minimum absolute atomic E-state index is 0.180. The maximum absolute atomic E-state index is 11.7. The van der Waals surface area contributed by atoms with Gasteiger partial charge in [0, 0.05) is 17.7 Å². The number of methoxy groups -OCH3 is 2. The van der Waals surface area contributed by atoms with Gasteiger partial charge in [0.05, 0.1) is 19.9 Å². The molecule has 0 aliphatic carbocycles. The topological polar surface area (TPSA) is 76.2 Å². The molecular formula is C15H19N3O3. The summed E-state index contributed by atoms with van der Waals surface area (Å²) >= 11 is 0. The van der Waals surface area contributed by atoms with Crippen molar-refractivity contribution in [3.8, 4) is 22.8 Å². The van der Waals surface area contributed by atoms with E-state index in [0.29, 0.717) is 29.3 Å². The summed E-state index contributed by atoms with van der Waals surface area (Å²) in [6.07, 6.45) is 0. The number of benzene rings is 1. The fourth-order valence-electron chi connectivity index (χ4n) is 1.98. The van der Waals surface area contributed by atoms with E-state index in [9.17, 15) is 4.79 Å². The molecule has 1 aromatic heterocycles. The maximum Gasteiger partial charge on any atom is 0.268 e. The summed E-state index contributed by atoms with van der Waals surface area (Å²) in [4.78, 5) is 11.7. The van der Waals surface area contributed by atoms with Gasteiger partial charge >= 0.3 is 0 Å². The number of nitrogens with one attached hydrogen (secondary N) is 2. The lowest BCUT2D eigenvalue weighted by atomic mass is 10.1. The molecule has 0 unspecified atom stereocenters. The van der Waals surface area contributed by atoms with Crippen molar-refractivity contribution in [2.75, 3.05) is 20.8 Å². The largest absolute Gasteiger partial charge is 0.493 e. The molecule has 0 aliphatic heterocycles.